The lowest BCUT2D eigenvalue weighted by Crippen LogP contribution is -2.49. The quantitative estimate of drug-likeness (QED) is 0.524. The molecule has 0 atom stereocenters. The fraction of sp³-hybridized carbons (Fsp3) is 0.364. The van der Waals surface area contributed by atoms with Crippen molar-refractivity contribution in [3.8, 4) is 0 Å². The topological polar surface area (TPSA) is 86.7 Å². The number of pyridine rings is 2. The monoisotopic (exact) mass is 406 g/mol. The van der Waals surface area contributed by atoms with E-state index in [-0.39, 0.29) is 29.1 Å². The number of nitrogens with zero attached hydrogens (tertiary/aromatic N) is 5. The molecule has 1 N–H and O–H groups in total. The number of nitrogens with one attached hydrogen (secondary N) is 1. The van der Waals surface area contributed by atoms with Crippen LogP contribution in [-0.2, 0) is 6.54 Å². The lowest BCUT2D eigenvalue weighted by atomic mass is 10.1. The minimum Gasteiger partial charge on any atom is -0.336 e. The molecule has 4 heterocycles. The van der Waals surface area contributed by atoms with Crippen LogP contribution in [0.5, 0.6) is 0 Å². The highest BCUT2D eigenvalue weighted by atomic mass is 16.2. The Hall–Kier alpha value is -3.26. The molecule has 8 nitrogen and oxygen atoms in total. The van der Waals surface area contributed by atoms with Gasteiger partial charge in [-0.1, -0.05) is 19.1 Å². The summed E-state index contributed by atoms with van der Waals surface area (Å²) < 4.78 is 3.08. The summed E-state index contributed by atoms with van der Waals surface area (Å²) in [5, 5.41) is 9.02. The van der Waals surface area contributed by atoms with Gasteiger partial charge in [0.2, 0.25) is 0 Å². The summed E-state index contributed by atoms with van der Waals surface area (Å²) in [7, 11) is 0. The highest BCUT2D eigenvalue weighted by molar-refractivity contribution is 5.97. The second-order valence-electron chi connectivity index (χ2n) is 7.57. The molecule has 3 aromatic heterocycles. The Kier molecular flexibility index (Phi) is 5.26. The molecule has 3 aromatic rings. The molecular weight excluding hydrogens is 380 g/mol. The molecule has 30 heavy (non-hydrogen) atoms. The van der Waals surface area contributed by atoms with Gasteiger partial charge in [-0.05, 0) is 31.2 Å². The number of fused-ring (bicyclic) bond motifs is 2. The first-order chi connectivity index (χ1) is 14.5. The van der Waals surface area contributed by atoms with Crippen molar-refractivity contribution in [2.24, 2.45) is 0 Å². The van der Waals surface area contributed by atoms with Gasteiger partial charge in [0.1, 0.15) is 16.8 Å². The number of carbonyl (C=O) groups is 1. The summed E-state index contributed by atoms with van der Waals surface area (Å²) in [6, 6.07) is 5.23. The zero-order valence-electron chi connectivity index (χ0n) is 17.4. The van der Waals surface area contributed by atoms with Gasteiger partial charge in [-0.3, -0.25) is 19.4 Å². The van der Waals surface area contributed by atoms with Gasteiger partial charge in [-0.25, -0.2) is 4.98 Å². The maximum Gasteiger partial charge on any atom is 0.267 e. The fourth-order valence-electron chi connectivity index (χ4n) is 4.00. The van der Waals surface area contributed by atoms with Crippen LogP contribution >= 0.6 is 0 Å². The van der Waals surface area contributed by atoms with Gasteiger partial charge in [0.15, 0.2) is 0 Å². The van der Waals surface area contributed by atoms with Crippen LogP contribution in [0.25, 0.3) is 16.7 Å². The van der Waals surface area contributed by atoms with Crippen molar-refractivity contribution in [3.05, 3.63) is 64.0 Å². The number of piperazine rings is 1. The van der Waals surface area contributed by atoms with Crippen molar-refractivity contribution in [1.29, 1.82) is 5.41 Å². The number of rotatable bonds is 4. The molecule has 8 heteroatoms. The first-order valence-corrected chi connectivity index (χ1v) is 10.2. The summed E-state index contributed by atoms with van der Waals surface area (Å²) >= 11 is 0. The van der Waals surface area contributed by atoms with Crippen LogP contribution in [0.4, 0.5) is 0 Å². The predicted molar refractivity (Wildman–Crippen MR) is 116 cm³/mol. The Morgan fingerprint density at radius 2 is 2.00 bits per heavy atom. The number of hydrogen-bond donors (Lipinski definition) is 1. The van der Waals surface area contributed by atoms with Crippen molar-refractivity contribution in [1.82, 2.24) is 23.8 Å². The molecule has 0 aliphatic carbocycles. The van der Waals surface area contributed by atoms with Crippen molar-refractivity contribution in [3.63, 3.8) is 0 Å². The Morgan fingerprint density at radius 3 is 2.67 bits per heavy atom. The lowest BCUT2D eigenvalue weighted by Gasteiger charge is -2.34. The lowest BCUT2D eigenvalue weighted by molar-refractivity contribution is 0.0640. The molecule has 1 fully saturated rings. The molecule has 0 aromatic carbocycles. The molecule has 1 aliphatic rings. The summed E-state index contributed by atoms with van der Waals surface area (Å²) in [4.78, 5) is 35.2. The number of aromatic nitrogens is 3. The standard InChI is InChI=1S/C22H26N6O2/c1-4-8-27-18(23)16(21(29)26-12-10-25(5-2)11-13-26)14-17-20(27)24-19-15(3)7-6-9-28(19)22(17)30/h4,6-7,9,14,23H,1,5,8,10-13H2,2-3H3. The molecule has 4 rings (SSSR count). The normalized spacial score (nSPS) is 15.1. The minimum absolute atomic E-state index is 0.0511. The second-order valence-corrected chi connectivity index (χ2v) is 7.57. The van der Waals surface area contributed by atoms with Crippen molar-refractivity contribution < 1.29 is 4.79 Å². The van der Waals surface area contributed by atoms with Crippen molar-refractivity contribution in [2.45, 2.75) is 20.4 Å². The average molecular weight is 406 g/mol. The van der Waals surface area contributed by atoms with E-state index in [2.05, 4.69) is 23.4 Å². The molecule has 1 amide bonds. The highest BCUT2D eigenvalue weighted by Gasteiger charge is 2.24. The van der Waals surface area contributed by atoms with E-state index in [1.807, 2.05) is 13.0 Å². The molecule has 1 saturated heterocycles. The van der Waals surface area contributed by atoms with Crippen molar-refractivity contribution in [2.75, 3.05) is 32.7 Å². The van der Waals surface area contributed by atoms with E-state index in [9.17, 15) is 9.59 Å². The van der Waals surface area contributed by atoms with Gasteiger partial charge in [0.05, 0.1) is 10.9 Å². The SMILES string of the molecule is C=CCn1c(=N)c(C(=O)N2CCN(CC)CC2)cc2c(=O)n3cccc(C)c3nc21. The van der Waals surface area contributed by atoms with Gasteiger partial charge in [0.25, 0.3) is 11.5 Å². The van der Waals surface area contributed by atoms with Crippen LogP contribution in [0.3, 0.4) is 0 Å². The maximum atomic E-state index is 13.3. The number of amides is 1. The van der Waals surface area contributed by atoms with Crippen LogP contribution in [0.1, 0.15) is 22.8 Å². The van der Waals surface area contributed by atoms with E-state index in [1.165, 1.54) is 10.5 Å². The Morgan fingerprint density at radius 1 is 1.27 bits per heavy atom. The summed E-state index contributed by atoms with van der Waals surface area (Å²) in [5.74, 6) is -0.218. The Labute approximate surface area is 174 Å². The third-order valence-corrected chi connectivity index (χ3v) is 5.78. The average Bonchev–Trinajstić information content (AvgIpc) is 2.76. The number of carbonyl (C=O) groups excluding carboxylic acids is 1. The van der Waals surface area contributed by atoms with Gasteiger partial charge >= 0.3 is 0 Å². The summed E-state index contributed by atoms with van der Waals surface area (Å²) in [5.41, 5.74) is 1.83. The predicted octanol–water partition coefficient (Wildman–Crippen LogP) is 1.40. The first-order valence-electron chi connectivity index (χ1n) is 10.2. The summed E-state index contributed by atoms with van der Waals surface area (Å²) in [6.45, 7) is 11.8. The van der Waals surface area contributed by atoms with E-state index in [4.69, 9.17) is 5.41 Å². The van der Waals surface area contributed by atoms with Crippen LogP contribution < -0.4 is 11.0 Å². The van der Waals surface area contributed by atoms with Gasteiger partial charge in [-0.15, -0.1) is 6.58 Å². The van der Waals surface area contributed by atoms with Gasteiger partial charge < -0.3 is 14.4 Å². The molecule has 0 spiro atoms. The zero-order chi connectivity index (χ0) is 21.4. The number of hydrogen-bond acceptors (Lipinski definition) is 5. The van der Waals surface area contributed by atoms with Crippen molar-refractivity contribution >= 4 is 22.6 Å². The molecule has 156 valence electrons. The molecule has 0 bridgehead atoms. The fourth-order valence-corrected chi connectivity index (χ4v) is 4.00. The number of allylic oxidation sites excluding steroid dienone is 1. The molecule has 1 aliphatic heterocycles. The molecular formula is C22H26N6O2. The van der Waals surface area contributed by atoms with E-state index in [1.54, 1.807) is 27.8 Å². The Balaban J connectivity index is 1.92. The largest absolute Gasteiger partial charge is 0.336 e. The molecule has 0 unspecified atom stereocenters. The third-order valence-electron chi connectivity index (χ3n) is 5.78. The Bertz CT molecular complexity index is 1260. The number of aryl methyl sites for hydroxylation is 1. The van der Waals surface area contributed by atoms with Gasteiger partial charge in [0, 0.05) is 38.9 Å². The van der Waals surface area contributed by atoms with Crippen LogP contribution in [0.15, 0.2) is 41.8 Å². The first kappa shape index (κ1) is 20.0. The number of likely N-dealkylation sites (N-methyl/N-ethyl adjacent to an activating group) is 1. The smallest absolute Gasteiger partial charge is 0.267 e. The van der Waals surface area contributed by atoms with Crippen LogP contribution in [0, 0.1) is 12.3 Å². The van der Waals surface area contributed by atoms with E-state index >= 15 is 0 Å². The van der Waals surface area contributed by atoms with Crippen LogP contribution in [0.2, 0.25) is 0 Å². The van der Waals surface area contributed by atoms with E-state index < -0.39 is 0 Å². The maximum absolute atomic E-state index is 13.3. The summed E-state index contributed by atoms with van der Waals surface area (Å²) in [6.07, 6.45) is 3.32. The van der Waals surface area contributed by atoms with Gasteiger partial charge in [-0.2, -0.15) is 0 Å². The molecule has 0 saturated carbocycles. The highest BCUT2D eigenvalue weighted by Crippen LogP contribution is 2.14. The molecule has 0 radical (unpaired) electrons. The van der Waals surface area contributed by atoms with E-state index in [0.29, 0.717) is 29.8 Å². The van der Waals surface area contributed by atoms with Crippen LogP contribution in [-0.4, -0.2) is 62.4 Å². The third kappa shape index (κ3) is 3.23. The zero-order valence-corrected chi connectivity index (χ0v) is 17.4. The second kappa shape index (κ2) is 7.87. The minimum atomic E-state index is -0.249. The van der Waals surface area contributed by atoms with E-state index in [0.717, 1.165) is 25.2 Å².